The van der Waals surface area contributed by atoms with E-state index in [4.69, 9.17) is 21.1 Å². The molecular weight excluding hydrogens is 451 g/mol. The number of amides is 1. The third-order valence-electron chi connectivity index (χ3n) is 4.45. The molecule has 10 heteroatoms. The lowest BCUT2D eigenvalue weighted by Crippen LogP contribution is -2.11. The highest BCUT2D eigenvalue weighted by molar-refractivity contribution is 6.31. The van der Waals surface area contributed by atoms with Crippen LogP contribution in [-0.4, -0.2) is 35.1 Å². The molecule has 3 rings (SSSR count). The molecule has 2 N–H and O–H groups in total. The summed E-state index contributed by atoms with van der Waals surface area (Å²) >= 11 is 5.86. The van der Waals surface area contributed by atoms with E-state index in [2.05, 4.69) is 27.2 Å². The molecule has 0 fully saturated rings. The molecule has 1 aromatic heterocycles. The molecule has 0 saturated carbocycles. The monoisotopic (exact) mass is 472 g/mol. The van der Waals surface area contributed by atoms with E-state index in [0.717, 1.165) is 6.08 Å². The SMILES string of the molecule is C=CC(=O)Nc1cc2c(Nc3ccc(F)c(Cl)c3)ncnc2cc1OCCCC(=O)OCC. The van der Waals surface area contributed by atoms with Gasteiger partial charge >= 0.3 is 5.97 Å². The van der Waals surface area contributed by atoms with Crippen molar-refractivity contribution >= 4 is 51.6 Å². The van der Waals surface area contributed by atoms with Crippen LogP contribution in [0.5, 0.6) is 5.75 Å². The van der Waals surface area contributed by atoms with Gasteiger partial charge in [0.15, 0.2) is 0 Å². The molecule has 1 amide bonds. The lowest BCUT2D eigenvalue weighted by Gasteiger charge is -2.15. The Morgan fingerprint density at radius 2 is 2.06 bits per heavy atom. The third-order valence-corrected chi connectivity index (χ3v) is 4.74. The maximum absolute atomic E-state index is 13.5. The van der Waals surface area contributed by atoms with Gasteiger partial charge in [-0.2, -0.15) is 0 Å². The molecular formula is C23H22ClFN4O4. The van der Waals surface area contributed by atoms with Gasteiger partial charge in [-0.25, -0.2) is 14.4 Å². The first-order chi connectivity index (χ1) is 15.9. The second-order valence-corrected chi connectivity index (χ2v) is 7.20. The Kier molecular flexibility index (Phi) is 8.15. The minimum Gasteiger partial charge on any atom is -0.491 e. The van der Waals surface area contributed by atoms with E-state index in [1.807, 2.05) is 0 Å². The maximum Gasteiger partial charge on any atom is 0.305 e. The lowest BCUT2D eigenvalue weighted by molar-refractivity contribution is -0.143. The van der Waals surface area contributed by atoms with Gasteiger partial charge in [0.2, 0.25) is 5.91 Å². The Hall–Kier alpha value is -3.72. The molecule has 33 heavy (non-hydrogen) atoms. The fourth-order valence-corrected chi connectivity index (χ4v) is 3.11. The van der Waals surface area contributed by atoms with E-state index in [1.165, 1.54) is 24.5 Å². The zero-order valence-corrected chi connectivity index (χ0v) is 18.6. The number of carbonyl (C=O) groups excluding carboxylic acids is 2. The number of carbonyl (C=O) groups is 2. The number of hydrogen-bond donors (Lipinski definition) is 2. The number of halogens is 2. The summed E-state index contributed by atoms with van der Waals surface area (Å²) in [6.45, 7) is 5.76. The van der Waals surface area contributed by atoms with Crippen molar-refractivity contribution in [1.29, 1.82) is 0 Å². The van der Waals surface area contributed by atoms with Crippen LogP contribution in [0.1, 0.15) is 19.8 Å². The first-order valence-electron chi connectivity index (χ1n) is 10.1. The number of nitrogens with zero attached hydrogens (tertiary/aromatic N) is 2. The van der Waals surface area contributed by atoms with Crippen molar-refractivity contribution in [2.24, 2.45) is 0 Å². The summed E-state index contributed by atoms with van der Waals surface area (Å²) < 4.78 is 24.2. The molecule has 0 unspecified atom stereocenters. The van der Waals surface area contributed by atoms with Crippen LogP contribution >= 0.6 is 11.6 Å². The number of anilines is 3. The van der Waals surface area contributed by atoms with Crippen LogP contribution < -0.4 is 15.4 Å². The quantitative estimate of drug-likeness (QED) is 0.243. The van der Waals surface area contributed by atoms with Gasteiger partial charge in [-0.05, 0) is 43.7 Å². The number of nitrogens with one attached hydrogen (secondary N) is 2. The van der Waals surface area contributed by atoms with E-state index in [-0.39, 0.29) is 24.0 Å². The molecule has 0 spiro atoms. The smallest absolute Gasteiger partial charge is 0.305 e. The average Bonchev–Trinajstić information content (AvgIpc) is 2.79. The number of ether oxygens (including phenoxy) is 2. The number of hydrogen-bond acceptors (Lipinski definition) is 7. The first kappa shape index (κ1) is 23.9. The molecule has 0 aliphatic rings. The highest BCUT2D eigenvalue weighted by Crippen LogP contribution is 2.34. The zero-order valence-electron chi connectivity index (χ0n) is 17.9. The third kappa shape index (κ3) is 6.39. The molecule has 0 saturated heterocycles. The van der Waals surface area contributed by atoms with Crippen LogP contribution in [0.4, 0.5) is 21.6 Å². The van der Waals surface area contributed by atoms with Crippen molar-refractivity contribution < 1.29 is 23.5 Å². The molecule has 2 aromatic carbocycles. The van der Waals surface area contributed by atoms with E-state index in [0.29, 0.717) is 46.9 Å². The minimum absolute atomic E-state index is 0.0317. The molecule has 3 aromatic rings. The van der Waals surface area contributed by atoms with Crippen molar-refractivity contribution in [3.63, 3.8) is 0 Å². The van der Waals surface area contributed by atoms with Crippen molar-refractivity contribution in [2.45, 2.75) is 19.8 Å². The molecule has 0 aliphatic heterocycles. The molecule has 0 aliphatic carbocycles. The Morgan fingerprint density at radius 1 is 1.24 bits per heavy atom. The average molecular weight is 473 g/mol. The summed E-state index contributed by atoms with van der Waals surface area (Å²) in [4.78, 5) is 32.0. The number of fused-ring (bicyclic) bond motifs is 1. The predicted octanol–water partition coefficient (Wildman–Crippen LogP) is 5.01. The zero-order chi connectivity index (χ0) is 23.8. The van der Waals surface area contributed by atoms with E-state index < -0.39 is 11.7 Å². The van der Waals surface area contributed by atoms with E-state index >= 15 is 0 Å². The van der Waals surface area contributed by atoms with Crippen LogP contribution in [0, 0.1) is 5.82 Å². The summed E-state index contributed by atoms with van der Waals surface area (Å²) in [5, 5.41) is 6.33. The van der Waals surface area contributed by atoms with Crippen LogP contribution in [-0.2, 0) is 14.3 Å². The Balaban J connectivity index is 1.89. The van der Waals surface area contributed by atoms with Gasteiger partial charge in [0, 0.05) is 23.6 Å². The molecule has 0 bridgehead atoms. The molecule has 1 heterocycles. The van der Waals surface area contributed by atoms with E-state index in [9.17, 15) is 14.0 Å². The van der Waals surface area contributed by atoms with E-state index in [1.54, 1.807) is 19.1 Å². The van der Waals surface area contributed by atoms with Crippen LogP contribution in [0.25, 0.3) is 10.9 Å². The van der Waals surface area contributed by atoms with Crippen molar-refractivity contribution in [1.82, 2.24) is 9.97 Å². The van der Waals surface area contributed by atoms with Crippen LogP contribution in [0.3, 0.4) is 0 Å². The van der Waals surface area contributed by atoms with Gasteiger partial charge in [0.1, 0.15) is 23.7 Å². The highest BCUT2D eigenvalue weighted by atomic mass is 35.5. The second kappa shape index (κ2) is 11.2. The normalized spacial score (nSPS) is 10.5. The predicted molar refractivity (Wildman–Crippen MR) is 124 cm³/mol. The summed E-state index contributed by atoms with van der Waals surface area (Å²) in [6, 6.07) is 7.52. The van der Waals surface area contributed by atoms with Crippen molar-refractivity contribution in [2.75, 3.05) is 23.8 Å². The van der Waals surface area contributed by atoms with Crippen LogP contribution in [0.15, 0.2) is 49.3 Å². The Bertz CT molecular complexity index is 1190. The van der Waals surface area contributed by atoms with Crippen molar-refractivity contribution in [3.05, 3.63) is 60.2 Å². The maximum atomic E-state index is 13.5. The first-order valence-corrected chi connectivity index (χ1v) is 10.5. The number of esters is 1. The second-order valence-electron chi connectivity index (χ2n) is 6.79. The van der Waals surface area contributed by atoms with Crippen molar-refractivity contribution in [3.8, 4) is 5.75 Å². The summed E-state index contributed by atoms with van der Waals surface area (Å²) in [5.41, 5.74) is 1.44. The lowest BCUT2D eigenvalue weighted by atomic mass is 10.1. The van der Waals surface area contributed by atoms with Crippen LogP contribution in [0.2, 0.25) is 5.02 Å². The molecule has 172 valence electrons. The fraction of sp³-hybridized carbons (Fsp3) is 0.217. The summed E-state index contributed by atoms with van der Waals surface area (Å²) in [7, 11) is 0. The van der Waals surface area contributed by atoms with Gasteiger partial charge in [-0.3, -0.25) is 9.59 Å². The summed E-state index contributed by atoms with van der Waals surface area (Å²) in [6.07, 6.45) is 3.15. The number of benzene rings is 2. The van der Waals surface area contributed by atoms with Gasteiger partial charge < -0.3 is 20.1 Å². The topological polar surface area (TPSA) is 102 Å². The minimum atomic E-state index is -0.533. The standard InChI is InChI=1S/C23H22ClFN4O4/c1-3-21(30)29-19-11-15-18(12-20(19)33-9-5-6-22(31)32-4-2)26-13-27-23(15)28-14-7-8-17(25)16(24)10-14/h3,7-8,10-13H,1,4-6,9H2,2H3,(H,29,30)(H,26,27,28). The molecule has 0 atom stereocenters. The summed E-state index contributed by atoms with van der Waals surface area (Å²) in [5.74, 6) is -0.470. The Morgan fingerprint density at radius 3 is 2.79 bits per heavy atom. The Labute approximate surface area is 194 Å². The largest absolute Gasteiger partial charge is 0.491 e. The number of aromatic nitrogens is 2. The number of rotatable bonds is 10. The van der Waals surface area contributed by atoms with Gasteiger partial charge in [-0.15, -0.1) is 0 Å². The van der Waals surface area contributed by atoms with Gasteiger partial charge in [-0.1, -0.05) is 18.2 Å². The van der Waals surface area contributed by atoms with Gasteiger partial charge in [0.25, 0.3) is 0 Å². The molecule has 8 nitrogen and oxygen atoms in total. The molecule has 0 radical (unpaired) electrons. The fourth-order valence-electron chi connectivity index (χ4n) is 2.93. The van der Waals surface area contributed by atoms with Gasteiger partial charge in [0.05, 0.1) is 29.4 Å². The highest BCUT2D eigenvalue weighted by Gasteiger charge is 2.14.